The number of hydrogen-bond donors (Lipinski definition) is 0. The van der Waals surface area contributed by atoms with Gasteiger partial charge >= 0.3 is 47.9 Å². The Morgan fingerprint density at radius 1 is 0.354 bits per heavy atom. The highest BCUT2D eigenvalue weighted by Crippen LogP contribution is 2.55. The summed E-state index contributed by atoms with van der Waals surface area (Å²) in [5, 5.41) is 0. The third-order valence-electron chi connectivity index (χ3n) is 7.09. The Morgan fingerprint density at radius 2 is 0.625 bits per heavy atom. The highest BCUT2D eigenvalue weighted by atomic mass is 19.4. The molecule has 0 saturated carbocycles. The number of aryl methyl sites for hydroxylation is 2. The molecule has 18 heteroatoms. The van der Waals surface area contributed by atoms with Gasteiger partial charge in [0, 0.05) is 24.0 Å². The molecule has 0 nitrogen and oxygen atoms in total. The maximum atomic E-state index is 13.6. The zero-order valence-corrected chi connectivity index (χ0v) is 24.1. The molecule has 0 spiro atoms. The van der Waals surface area contributed by atoms with Crippen LogP contribution in [0.1, 0.15) is 60.8 Å². The molecule has 0 N–H and O–H groups in total. The van der Waals surface area contributed by atoms with Crippen molar-refractivity contribution in [2.24, 2.45) is 0 Å². The zero-order valence-electron chi connectivity index (χ0n) is 24.1. The van der Waals surface area contributed by atoms with Crippen LogP contribution in [0, 0.1) is 11.8 Å². The molecular formula is C30H24F18. The summed E-state index contributed by atoms with van der Waals surface area (Å²) in [5.74, 6) is -32.9. The van der Waals surface area contributed by atoms with Crippen LogP contribution in [-0.2, 0) is 12.8 Å². The molecule has 0 fully saturated rings. The van der Waals surface area contributed by atoms with Crippen molar-refractivity contribution in [2.45, 2.75) is 99.3 Å². The quantitative estimate of drug-likeness (QED) is 0.103. The van der Waals surface area contributed by atoms with Gasteiger partial charge in [0.1, 0.15) is 0 Å². The van der Waals surface area contributed by atoms with E-state index in [1.165, 1.54) is 48.5 Å². The van der Waals surface area contributed by atoms with Gasteiger partial charge in [-0.3, -0.25) is 0 Å². The van der Waals surface area contributed by atoms with E-state index < -0.39 is 73.6 Å². The van der Waals surface area contributed by atoms with Gasteiger partial charge in [0.05, 0.1) is 0 Å². The summed E-state index contributed by atoms with van der Waals surface area (Å²) in [5.41, 5.74) is 1.82. The van der Waals surface area contributed by atoms with Gasteiger partial charge in [-0.25, -0.2) is 0 Å². The topological polar surface area (TPSA) is 0 Å². The number of hydrogen-bond acceptors (Lipinski definition) is 0. The standard InChI is InChI=1S/C30H24F18/c31-23(32,25(35,36)27(39,40)29(43,44)45)17-3-1-5-19-7-11-21(12-8-19)15-16-22-13-9-20(10-14-22)6-2-4-18-24(33,34)26(37,38)28(41,42)30(46,47)48/h7-14H,1-6,17-18H2. The van der Waals surface area contributed by atoms with Crippen molar-refractivity contribution in [3.8, 4) is 11.8 Å². The van der Waals surface area contributed by atoms with Crippen molar-refractivity contribution >= 4 is 0 Å². The van der Waals surface area contributed by atoms with E-state index in [2.05, 4.69) is 11.8 Å². The first-order valence-electron chi connectivity index (χ1n) is 13.7. The maximum Gasteiger partial charge on any atom is 0.460 e. The fourth-order valence-electron chi connectivity index (χ4n) is 4.14. The molecule has 0 atom stereocenters. The van der Waals surface area contributed by atoms with Crippen LogP contribution in [0.25, 0.3) is 0 Å². The lowest BCUT2D eigenvalue weighted by Crippen LogP contribution is -2.60. The Morgan fingerprint density at radius 3 is 0.875 bits per heavy atom. The molecule has 2 aromatic carbocycles. The first-order valence-corrected chi connectivity index (χ1v) is 13.7. The van der Waals surface area contributed by atoms with E-state index in [0.29, 0.717) is 22.3 Å². The van der Waals surface area contributed by atoms with E-state index in [1.807, 2.05) is 0 Å². The summed E-state index contributed by atoms with van der Waals surface area (Å²) < 4.78 is 233. The normalized spacial score (nSPS) is 14.1. The second-order valence-corrected chi connectivity index (χ2v) is 10.8. The molecule has 0 aliphatic heterocycles. The van der Waals surface area contributed by atoms with Crippen molar-refractivity contribution < 1.29 is 79.0 Å². The van der Waals surface area contributed by atoms with Crippen molar-refractivity contribution in [3.63, 3.8) is 0 Å². The van der Waals surface area contributed by atoms with Gasteiger partial charge in [-0.05, 0) is 73.9 Å². The van der Waals surface area contributed by atoms with Gasteiger partial charge in [-0.1, -0.05) is 36.1 Å². The summed E-state index contributed by atoms with van der Waals surface area (Å²) in [7, 11) is 0. The number of halogens is 18. The number of unbranched alkanes of at least 4 members (excludes halogenated alkanes) is 2. The number of alkyl halides is 18. The Bertz CT molecular complexity index is 1280. The molecule has 0 aliphatic rings. The number of benzene rings is 2. The molecule has 0 heterocycles. The van der Waals surface area contributed by atoms with Gasteiger partial charge in [0.15, 0.2) is 0 Å². The predicted molar refractivity (Wildman–Crippen MR) is 136 cm³/mol. The van der Waals surface area contributed by atoms with Crippen molar-refractivity contribution in [2.75, 3.05) is 0 Å². The third-order valence-corrected chi connectivity index (χ3v) is 7.09. The van der Waals surface area contributed by atoms with Crippen LogP contribution in [0.15, 0.2) is 48.5 Å². The Hall–Kier alpha value is -3.26. The molecular weight excluding hydrogens is 702 g/mol. The van der Waals surface area contributed by atoms with E-state index >= 15 is 0 Å². The van der Waals surface area contributed by atoms with Crippen LogP contribution >= 0.6 is 0 Å². The Kier molecular flexibility index (Phi) is 12.2. The summed E-state index contributed by atoms with van der Waals surface area (Å²) in [6, 6.07) is 11.8. The second kappa shape index (κ2) is 14.3. The summed E-state index contributed by atoms with van der Waals surface area (Å²) >= 11 is 0. The molecule has 2 aromatic rings. The zero-order chi connectivity index (χ0) is 37.0. The third kappa shape index (κ3) is 8.85. The smallest absolute Gasteiger partial charge is 0.200 e. The monoisotopic (exact) mass is 726 g/mol. The molecule has 0 bridgehead atoms. The SMILES string of the molecule is FC(F)(F)C(F)(F)C(F)(F)C(F)(F)CCCCc1ccc(C#Cc2ccc(CCCCC(F)(F)C(F)(F)C(F)(F)C(F)(F)F)cc2)cc1. The van der Waals surface area contributed by atoms with Crippen LogP contribution in [0.4, 0.5) is 79.0 Å². The molecule has 0 aromatic heterocycles. The van der Waals surface area contributed by atoms with E-state index in [4.69, 9.17) is 0 Å². The Balaban J connectivity index is 1.86. The molecule has 0 unspecified atom stereocenters. The lowest BCUT2D eigenvalue weighted by Gasteiger charge is -2.33. The van der Waals surface area contributed by atoms with Crippen LogP contribution < -0.4 is 0 Å². The molecule has 0 saturated heterocycles. The van der Waals surface area contributed by atoms with Crippen LogP contribution in [-0.4, -0.2) is 47.9 Å². The molecule has 0 amide bonds. The molecule has 48 heavy (non-hydrogen) atoms. The van der Waals surface area contributed by atoms with Gasteiger partial charge in [0.2, 0.25) is 0 Å². The lowest BCUT2D eigenvalue weighted by atomic mass is 9.97. The van der Waals surface area contributed by atoms with Crippen LogP contribution in [0.2, 0.25) is 0 Å². The Labute approximate surface area is 261 Å². The number of rotatable bonds is 14. The molecule has 0 radical (unpaired) electrons. The molecule has 270 valence electrons. The largest absolute Gasteiger partial charge is 0.460 e. The van der Waals surface area contributed by atoms with Crippen LogP contribution in [0.3, 0.4) is 0 Å². The minimum Gasteiger partial charge on any atom is -0.200 e. The minimum atomic E-state index is -6.94. The van der Waals surface area contributed by atoms with Gasteiger partial charge < -0.3 is 0 Å². The average molecular weight is 726 g/mol. The average Bonchev–Trinajstić information content (AvgIpc) is 2.96. The summed E-state index contributed by atoms with van der Waals surface area (Å²) in [6.45, 7) is 0. The first kappa shape index (κ1) is 40.9. The fourth-order valence-corrected chi connectivity index (χ4v) is 4.14. The fraction of sp³-hybridized carbons (Fsp3) is 0.533. The van der Waals surface area contributed by atoms with Crippen molar-refractivity contribution in [1.29, 1.82) is 0 Å². The summed E-state index contributed by atoms with van der Waals surface area (Å²) in [6.07, 6.45) is -19.7. The minimum absolute atomic E-state index is 0.00735. The molecule has 2 rings (SSSR count). The molecule has 0 aliphatic carbocycles. The predicted octanol–water partition coefficient (Wildman–Crippen LogP) is 11.4. The van der Waals surface area contributed by atoms with Gasteiger partial charge in [-0.15, -0.1) is 0 Å². The van der Waals surface area contributed by atoms with Crippen molar-refractivity contribution in [3.05, 3.63) is 70.8 Å². The van der Waals surface area contributed by atoms with Crippen molar-refractivity contribution in [1.82, 2.24) is 0 Å². The van der Waals surface area contributed by atoms with E-state index in [9.17, 15) is 79.0 Å². The highest BCUT2D eigenvalue weighted by Gasteiger charge is 2.82. The van der Waals surface area contributed by atoms with E-state index in [-0.39, 0.29) is 25.7 Å². The first-order chi connectivity index (χ1) is 21.6. The van der Waals surface area contributed by atoms with Gasteiger partial charge in [-0.2, -0.15) is 79.0 Å². The van der Waals surface area contributed by atoms with E-state index in [0.717, 1.165) is 0 Å². The van der Waals surface area contributed by atoms with E-state index in [1.54, 1.807) is 0 Å². The lowest BCUT2D eigenvalue weighted by molar-refractivity contribution is -0.396. The highest BCUT2D eigenvalue weighted by molar-refractivity contribution is 5.44. The maximum absolute atomic E-state index is 13.6. The van der Waals surface area contributed by atoms with Crippen LogP contribution in [0.5, 0.6) is 0 Å². The summed E-state index contributed by atoms with van der Waals surface area (Å²) in [4.78, 5) is 0. The second-order valence-electron chi connectivity index (χ2n) is 10.8. The van der Waals surface area contributed by atoms with Gasteiger partial charge in [0.25, 0.3) is 0 Å².